The normalized spacial score (nSPS) is 12.0. The molecule has 0 bridgehead atoms. The van der Waals surface area contributed by atoms with Crippen LogP contribution in [0.15, 0.2) is 48.0 Å². The van der Waals surface area contributed by atoms with E-state index in [0.717, 1.165) is 17.7 Å². The molecule has 7 heteroatoms. The third kappa shape index (κ3) is 5.66. The van der Waals surface area contributed by atoms with Gasteiger partial charge in [0.15, 0.2) is 6.10 Å². The van der Waals surface area contributed by atoms with Gasteiger partial charge in [0, 0.05) is 0 Å². The molecule has 0 aliphatic heterocycles. The number of hydrogen-bond donors (Lipinski definition) is 1. The number of nitriles is 1. The van der Waals surface area contributed by atoms with Gasteiger partial charge in [-0.05, 0) is 43.7 Å². The van der Waals surface area contributed by atoms with Gasteiger partial charge in [0.25, 0.3) is 5.91 Å². The van der Waals surface area contributed by atoms with Gasteiger partial charge >= 0.3 is 5.97 Å². The number of rotatable bonds is 5. The molecule has 0 spiro atoms. The molecule has 0 aromatic heterocycles. The highest BCUT2D eigenvalue weighted by molar-refractivity contribution is 6.33. The van der Waals surface area contributed by atoms with Gasteiger partial charge < -0.3 is 10.1 Å². The summed E-state index contributed by atoms with van der Waals surface area (Å²) in [7, 11) is 0. The summed E-state index contributed by atoms with van der Waals surface area (Å²) < 4.78 is 18.1. The average Bonchev–Trinajstić information content (AvgIpc) is 2.63. The Morgan fingerprint density at radius 1 is 1.26 bits per heavy atom. The number of hydrogen-bond acceptors (Lipinski definition) is 4. The van der Waals surface area contributed by atoms with Crippen LogP contribution in [0.2, 0.25) is 5.02 Å². The first kappa shape index (κ1) is 20.1. The van der Waals surface area contributed by atoms with Crippen LogP contribution in [-0.4, -0.2) is 18.0 Å². The topological polar surface area (TPSA) is 79.2 Å². The maximum atomic E-state index is 13.0. The van der Waals surface area contributed by atoms with Crippen LogP contribution >= 0.6 is 11.6 Å². The second-order valence-corrected chi connectivity index (χ2v) is 6.15. The van der Waals surface area contributed by atoms with Crippen LogP contribution in [0.5, 0.6) is 0 Å². The molecular weight excluding hydrogens is 371 g/mol. The molecule has 5 nitrogen and oxygen atoms in total. The van der Waals surface area contributed by atoms with Crippen molar-refractivity contribution in [2.75, 3.05) is 5.32 Å². The minimum atomic E-state index is -1.19. The van der Waals surface area contributed by atoms with Crippen molar-refractivity contribution in [3.63, 3.8) is 0 Å². The lowest BCUT2D eigenvalue weighted by Gasteiger charge is -2.14. The molecule has 138 valence electrons. The highest BCUT2D eigenvalue weighted by Gasteiger charge is 2.21. The van der Waals surface area contributed by atoms with E-state index < -0.39 is 23.8 Å². The van der Waals surface area contributed by atoms with E-state index in [9.17, 15) is 19.2 Å². The number of aryl methyl sites for hydroxylation is 1. The first-order valence-corrected chi connectivity index (χ1v) is 8.33. The lowest BCUT2D eigenvalue weighted by Crippen LogP contribution is -2.30. The van der Waals surface area contributed by atoms with Crippen LogP contribution in [0.1, 0.15) is 18.1 Å². The van der Waals surface area contributed by atoms with E-state index in [1.807, 2.05) is 19.1 Å². The largest absolute Gasteiger partial charge is 0.448 e. The van der Waals surface area contributed by atoms with Crippen molar-refractivity contribution < 1.29 is 18.7 Å². The molecule has 0 aliphatic rings. The Balaban J connectivity index is 2.05. The zero-order valence-corrected chi connectivity index (χ0v) is 15.4. The lowest BCUT2D eigenvalue weighted by atomic mass is 10.1. The molecule has 2 rings (SSSR count). The molecule has 0 saturated heterocycles. The highest BCUT2D eigenvalue weighted by Crippen LogP contribution is 2.22. The maximum absolute atomic E-state index is 13.0. The maximum Gasteiger partial charge on any atom is 0.349 e. The number of nitrogens with one attached hydrogen (secondary N) is 1. The van der Waals surface area contributed by atoms with Gasteiger partial charge in [-0.25, -0.2) is 9.18 Å². The van der Waals surface area contributed by atoms with Gasteiger partial charge in [-0.3, -0.25) is 4.79 Å². The molecule has 27 heavy (non-hydrogen) atoms. The summed E-state index contributed by atoms with van der Waals surface area (Å²) in [5.74, 6) is -2.13. The van der Waals surface area contributed by atoms with Crippen LogP contribution < -0.4 is 5.32 Å². The molecule has 1 atom stereocenters. The molecule has 0 saturated carbocycles. The Kier molecular flexibility index (Phi) is 6.69. The summed E-state index contributed by atoms with van der Waals surface area (Å²) in [6, 6.07) is 12.4. The molecule has 1 N–H and O–H groups in total. The Morgan fingerprint density at radius 2 is 1.93 bits per heavy atom. The first-order valence-electron chi connectivity index (χ1n) is 7.95. The zero-order valence-electron chi connectivity index (χ0n) is 14.6. The number of amides is 1. The summed E-state index contributed by atoms with van der Waals surface area (Å²) in [5, 5.41) is 11.6. The van der Waals surface area contributed by atoms with Gasteiger partial charge in [-0.15, -0.1) is 0 Å². The SMILES string of the molecule is Cc1ccc(/C=C(\C#N)C(=O)O[C@H](C)C(=O)Nc2ccc(F)cc2Cl)cc1. The third-order valence-corrected chi connectivity index (χ3v) is 3.88. The molecule has 0 fully saturated rings. The van der Waals surface area contributed by atoms with Crippen LogP contribution in [0, 0.1) is 24.1 Å². The quantitative estimate of drug-likeness (QED) is 0.473. The summed E-state index contributed by atoms with van der Waals surface area (Å²) in [6.45, 7) is 3.27. The van der Waals surface area contributed by atoms with Crippen molar-refractivity contribution in [2.45, 2.75) is 20.0 Å². The second kappa shape index (κ2) is 8.97. The molecule has 0 unspecified atom stereocenters. The van der Waals surface area contributed by atoms with Gasteiger partial charge in [0.2, 0.25) is 0 Å². The van der Waals surface area contributed by atoms with Gasteiger partial charge in [0.1, 0.15) is 17.5 Å². The van der Waals surface area contributed by atoms with Crippen molar-refractivity contribution in [1.82, 2.24) is 0 Å². The molecule has 0 aliphatic carbocycles. The number of carbonyl (C=O) groups is 2. The van der Waals surface area contributed by atoms with Crippen molar-refractivity contribution in [3.8, 4) is 6.07 Å². The van der Waals surface area contributed by atoms with Crippen LogP contribution in [0.4, 0.5) is 10.1 Å². The number of carbonyl (C=O) groups excluding carboxylic acids is 2. The number of nitrogens with zero attached hydrogens (tertiary/aromatic N) is 1. The summed E-state index contributed by atoms with van der Waals surface area (Å²) in [4.78, 5) is 24.3. The molecule has 2 aromatic rings. The van der Waals surface area contributed by atoms with Crippen molar-refractivity contribution in [2.24, 2.45) is 0 Å². The Hall–Kier alpha value is -3.17. The van der Waals surface area contributed by atoms with Crippen molar-refractivity contribution >= 4 is 35.2 Å². The molecular formula is C20H16ClFN2O3. The number of anilines is 1. The monoisotopic (exact) mass is 386 g/mol. The predicted octanol–water partition coefficient (Wildman–Crippen LogP) is 4.26. The number of halogens is 2. The smallest absolute Gasteiger partial charge is 0.349 e. The van der Waals surface area contributed by atoms with E-state index in [-0.39, 0.29) is 16.3 Å². The molecule has 0 heterocycles. The summed E-state index contributed by atoms with van der Waals surface area (Å²) in [6.07, 6.45) is 0.192. The lowest BCUT2D eigenvalue weighted by molar-refractivity contribution is -0.148. The van der Waals surface area contributed by atoms with E-state index >= 15 is 0 Å². The van der Waals surface area contributed by atoms with E-state index in [0.29, 0.717) is 5.56 Å². The Bertz CT molecular complexity index is 933. The minimum Gasteiger partial charge on any atom is -0.448 e. The van der Waals surface area contributed by atoms with Crippen LogP contribution in [-0.2, 0) is 14.3 Å². The predicted molar refractivity (Wildman–Crippen MR) is 100 cm³/mol. The Labute approximate surface area is 161 Å². The van der Waals surface area contributed by atoms with Crippen molar-refractivity contribution in [3.05, 3.63) is 70.0 Å². The van der Waals surface area contributed by atoms with Gasteiger partial charge in [0.05, 0.1) is 10.7 Å². The fourth-order valence-corrected chi connectivity index (χ4v) is 2.28. The summed E-state index contributed by atoms with van der Waals surface area (Å²) in [5.41, 5.74) is 1.64. The van der Waals surface area contributed by atoms with Crippen LogP contribution in [0.3, 0.4) is 0 Å². The molecule has 0 radical (unpaired) electrons. The van der Waals surface area contributed by atoms with E-state index in [1.165, 1.54) is 19.1 Å². The van der Waals surface area contributed by atoms with Crippen molar-refractivity contribution in [1.29, 1.82) is 5.26 Å². The second-order valence-electron chi connectivity index (χ2n) is 5.74. The van der Waals surface area contributed by atoms with Gasteiger partial charge in [-0.2, -0.15) is 5.26 Å². The standard InChI is InChI=1S/C20H16ClFN2O3/c1-12-3-5-14(6-4-12)9-15(11-23)20(26)27-13(2)19(25)24-18-8-7-16(22)10-17(18)21/h3-10,13H,1-2H3,(H,24,25)/b15-9+/t13-/m1/s1. The third-order valence-electron chi connectivity index (χ3n) is 3.57. The van der Waals surface area contributed by atoms with Crippen LogP contribution in [0.25, 0.3) is 6.08 Å². The van der Waals surface area contributed by atoms with E-state index in [1.54, 1.807) is 18.2 Å². The zero-order chi connectivity index (χ0) is 20.0. The number of benzene rings is 2. The highest BCUT2D eigenvalue weighted by atomic mass is 35.5. The minimum absolute atomic E-state index is 0.0128. The van der Waals surface area contributed by atoms with E-state index in [4.69, 9.17) is 16.3 Å². The average molecular weight is 387 g/mol. The number of esters is 1. The fourth-order valence-electron chi connectivity index (χ4n) is 2.07. The first-order chi connectivity index (χ1) is 12.8. The molecule has 1 amide bonds. The fraction of sp³-hybridized carbons (Fsp3) is 0.150. The number of ether oxygens (including phenoxy) is 1. The summed E-state index contributed by atoms with van der Waals surface area (Å²) >= 11 is 5.84. The van der Waals surface area contributed by atoms with Gasteiger partial charge in [-0.1, -0.05) is 41.4 Å². The molecule has 2 aromatic carbocycles. The Morgan fingerprint density at radius 3 is 2.52 bits per heavy atom. The van der Waals surface area contributed by atoms with E-state index in [2.05, 4.69) is 5.32 Å².